The third-order valence-electron chi connectivity index (χ3n) is 5.21. The minimum absolute atomic E-state index is 0.173. The molecule has 12 heteroatoms. The number of aromatic nitrogens is 4. The normalized spacial score (nSPS) is 12.3. The molecule has 3 aromatic heterocycles. The van der Waals surface area contributed by atoms with Crippen LogP contribution in [0.5, 0.6) is 5.75 Å². The summed E-state index contributed by atoms with van der Waals surface area (Å²) in [6, 6.07) is 9.83. The van der Waals surface area contributed by atoms with Gasteiger partial charge in [-0.25, -0.2) is 9.50 Å². The molecule has 0 spiro atoms. The Bertz CT molecular complexity index is 1450. The Morgan fingerprint density at radius 3 is 2.61 bits per heavy atom. The summed E-state index contributed by atoms with van der Waals surface area (Å²) in [5.41, 5.74) is 2.38. The van der Waals surface area contributed by atoms with Gasteiger partial charge in [-0.2, -0.15) is 5.10 Å². The number of hydrogen-bond donors (Lipinski definition) is 2. The number of aryl methyl sites for hydroxylation is 1. The average molecular weight is 498 g/mol. The third-order valence-corrected chi connectivity index (χ3v) is 5.21. The molecule has 0 saturated carbocycles. The standard InChI is InChI=1S/C24H21F3N6O3/c1-13-18(23(35)29-14(2)17-6-4-5-7-20(17)36-24(25,26)27)10-16(11-28-13)19-8-9-22-31-21(30-15(3)34)12-33(22)32-19/h4-12,14H,1-3H3,(H,29,35)(H,30,34). The molecule has 0 aliphatic carbocycles. The first kappa shape index (κ1) is 24.6. The van der Waals surface area contributed by atoms with Crippen molar-refractivity contribution in [2.24, 2.45) is 0 Å². The van der Waals surface area contributed by atoms with Gasteiger partial charge in [0.2, 0.25) is 5.91 Å². The van der Waals surface area contributed by atoms with Crippen LogP contribution in [0.2, 0.25) is 0 Å². The summed E-state index contributed by atoms with van der Waals surface area (Å²) in [5.74, 6) is -0.831. The number of pyridine rings is 1. The van der Waals surface area contributed by atoms with Crippen LogP contribution in [0.1, 0.15) is 41.5 Å². The highest BCUT2D eigenvalue weighted by Gasteiger charge is 2.32. The molecule has 1 aromatic carbocycles. The topological polar surface area (TPSA) is 111 Å². The second-order valence-corrected chi connectivity index (χ2v) is 7.97. The zero-order valence-electron chi connectivity index (χ0n) is 19.4. The van der Waals surface area contributed by atoms with E-state index >= 15 is 0 Å². The van der Waals surface area contributed by atoms with Gasteiger partial charge in [-0.3, -0.25) is 14.6 Å². The molecule has 0 aliphatic rings. The predicted molar refractivity (Wildman–Crippen MR) is 124 cm³/mol. The van der Waals surface area contributed by atoms with E-state index in [1.165, 1.54) is 29.6 Å². The molecule has 0 fully saturated rings. The number of carbonyl (C=O) groups is 2. The summed E-state index contributed by atoms with van der Waals surface area (Å²) in [6.07, 6.45) is -1.75. The zero-order valence-corrected chi connectivity index (χ0v) is 19.4. The van der Waals surface area contributed by atoms with Crippen LogP contribution in [-0.2, 0) is 4.79 Å². The van der Waals surface area contributed by atoms with Crippen molar-refractivity contribution in [3.05, 3.63) is 71.7 Å². The van der Waals surface area contributed by atoms with Crippen LogP contribution < -0.4 is 15.4 Å². The van der Waals surface area contributed by atoms with Crippen LogP contribution in [0.4, 0.5) is 19.0 Å². The Morgan fingerprint density at radius 1 is 1.14 bits per heavy atom. The molecule has 36 heavy (non-hydrogen) atoms. The number of alkyl halides is 3. The van der Waals surface area contributed by atoms with Crippen LogP contribution in [0.15, 0.2) is 54.9 Å². The molecular formula is C24H21F3N6O3. The van der Waals surface area contributed by atoms with Crippen LogP contribution in [-0.4, -0.2) is 37.8 Å². The maximum absolute atomic E-state index is 13.1. The molecule has 3 heterocycles. The minimum atomic E-state index is -4.86. The number of rotatable bonds is 6. The van der Waals surface area contributed by atoms with Crippen molar-refractivity contribution in [2.45, 2.75) is 33.2 Å². The largest absolute Gasteiger partial charge is 0.573 e. The van der Waals surface area contributed by atoms with Crippen LogP contribution in [0.25, 0.3) is 16.9 Å². The summed E-state index contributed by atoms with van der Waals surface area (Å²) in [7, 11) is 0. The number of carbonyl (C=O) groups excluding carboxylic acids is 2. The number of halogens is 3. The van der Waals surface area contributed by atoms with Crippen LogP contribution in [0, 0.1) is 6.92 Å². The fourth-order valence-corrected chi connectivity index (χ4v) is 3.59. The van der Waals surface area contributed by atoms with Gasteiger partial charge in [0.15, 0.2) is 11.5 Å². The van der Waals surface area contributed by atoms with Gasteiger partial charge in [0, 0.05) is 24.2 Å². The van der Waals surface area contributed by atoms with Crippen molar-refractivity contribution in [1.82, 2.24) is 24.9 Å². The number of anilines is 1. The highest BCUT2D eigenvalue weighted by atomic mass is 19.4. The highest BCUT2D eigenvalue weighted by molar-refractivity contribution is 5.96. The van der Waals surface area contributed by atoms with Gasteiger partial charge in [0.1, 0.15) is 5.75 Å². The van der Waals surface area contributed by atoms with Gasteiger partial charge in [0.05, 0.1) is 29.2 Å². The number of nitrogens with one attached hydrogen (secondary N) is 2. The lowest BCUT2D eigenvalue weighted by Gasteiger charge is -2.19. The molecule has 186 valence electrons. The molecule has 4 rings (SSSR count). The number of nitrogens with zero attached hydrogens (tertiary/aromatic N) is 4. The van der Waals surface area contributed by atoms with E-state index in [1.807, 2.05) is 0 Å². The van der Waals surface area contributed by atoms with Crippen LogP contribution >= 0.6 is 0 Å². The molecular weight excluding hydrogens is 477 g/mol. The van der Waals surface area contributed by atoms with E-state index in [9.17, 15) is 22.8 Å². The fourth-order valence-electron chi connectivity index (χ4n) is 3.59. The van der Waals surface area contributed by atoms with Gasteiger partial charge in [-0.15, -0.1) is 13.2 Å². The molecule has 1 unspecified atom stereocenters. The summed E-state index contributed by atoms with van der Waals surface area (Å²) in [6.45, 7) is 4.58. The molecule has 0 saturated heterocycles. The maximum atomic E-state index is 13.1. The Kier molecular flexibility index (Phi) is 6.60. The molecule has 1 atom stereocenters. The van der Waals surface area contributed by atoms with Gasteiger partial charge < -0.3 is 15.4 Å². The first-order valence-electron chi connectivity index (χ1n) is 10.8. The van der Waals surface area contributed by atoms with Crippen molar-refractivity contribution < 1.29 is 27.5 Å². The lowest BCUT2D eigenvalue weighted by Crippen LogP contribution is -2.28. The van der Waals surface area contributed by atoms with E-state index in [0.29, 0.717) is 28.4 Å². The van der Waals surface area contributed by atoms with Gasteiger partial charge in [-0.1, -0.05) is 18.2 Å². The third kappa shape index (κ3) is 5.59. The Morgan fingerprint density at radius 2 is 1.89 bits per heavy atom. The number of amides is 2. The number of imidazole rings is 1. The highest BCUT2D eigenvalue weighted by Crippen LogP contribution is 2.30. The van der Waals surface area contributed by atoms with Gasteiger partial charge in [-0.05, 0) is 38.1 Å². The smallest absolute Gasteiger partial charge is 0.405 e. The first-order chi connectivity index (χ1) is 17.0. The number of hydrogen-bond acceptors (Lipinski definition) is 6. The van der Waals surface area contributed by atoms with Crippen molar-refractivity contribution in [1.29, 1.82) is 0 Å². The Hall–Kier alpha value is -4.48. The molecule has 2 N–H and O–H groups in total. The summed E-state index contributed by atoms with van der Waals surface area (Å²) < 4.78 is 43.9. The second-order valence-electron chi connectivity index (χ2n) is 7.97. The number of fused-ring (bicyclic) bond motifs is 1. The molecule has 9 nitrogen and oxygen atoms in total. The minimum Gasteiger partial charge on any atom is -0.405 e. The lowest BCUT2D eigenvalue weighted by atomic mass is 10.0. The van der Waals surface area contributed by atoms with Crippen molar-refractivity contribution >= 4 is 23.3 Å². The van der Waals surface area contributed by atoms with E-state index in [0.717, 1.165) is 0 Å². The Labute approximate surface area is 203 Å². The zero-order chi connectivity index (χ0) is 26.0. The van der Waals surface area contributed by atoms with E-state index in [1.54, 1.807) is 50.5 Å². The van der Waals surface area contributed by atoms with Crippen LogP contribution in [0.3, 0.4) is 0 Å². The maximum Gasteiger partial charge on any atom is 0.573 e. The van der Waals surface area contributed by atoms with Gasteiger partial charge in [0.25, 0.3) is 5.91 Å². The predicted octanol–water partition coefficient (Wildman–Crippen LogP) is 4.45. The Balaban J connectivity index is 1.59. The van der Waals surface area contributed by atoms with E-state index in [2.05, 4.69) is 30.4 Å². The first-order valence-corrected chi connectivity index (χ1v) is 10.8. The summed E-state index contributed by atoms with van der Waals surface area (Å²) in [5, 5.41) is 9.76. The van der Waals surface area contributed by atoms with E-state index < -0.39 is 24.1 Å². The monoisotopic (exact) mass is 498 g/mol. The SMILES string of the molecule is CC(=O)Nc1cn2nc(-c3cnc(C)c(C(=O)NC(C)c4ccccc4OC(F)(F)F)c3)ccc2n1. The molecule has 2 amide bonds. The quantitative estimate of drug-likeness (QED) is 0.407. The molecule has 0 aliphatic heterocycles. The van der Waals surface area contributed by atoms with E-state index in [-0.39, 0.29) is 17.0 Å². The van der Waals surface area contributed by atoms with Gasteiger partial charge >= 0.3 is 6.36 Å². The fraction of sp³-hybridized carbons (Fsp3) is 0.208. The van der Waals surface area contributed by atoms with Crippen molar-refractivity contribution in [3.63, 3.8) is 0 Å². The summed E-state index contributed by atoms with van der Waals surface area (Å²) in [4.78, 5) is 32.9. The second kappa shape index (κ2) is 9.64. The average Bonchev–Trinajstić information content (AvgIpc) is 3.19. The summed E-state index contributed by atoms with van der Waals surface area (Å²) >= 11 is 0. The molecule has 4 aromatic rings. The number of benzene rings is 1. The molecule has 0 radical (unpaired) electrons. The molecule has 0 bridgehead atoms. The van der Waals surface area contributed by atoms with Crippen molar-refractivity contribution in [2.75, 3.05) is 5.32 Å². The van der Waals surface area contributed by atoms with E-state index in [4.69, 9.17) is 0 Å². The van der Waals surface area contributed by atoms with Crippen molar-refractivity contribution in [3.8, 4) is 17.0 Å². The number of ether oxygens (including phenoxy) is 1. The lowest BCUT2D eigenvalue weighted by molar-refractivity contribution is -0.275. The number of para-hydroxylation sites is 1.